The Bertz CT molecular complexity index is 1200. The Morgan fingerprint density at radius 1 is 1.09 bits per heavy atom. The van der Waals surface area contributed by atoms with Crippen LogP contribution in [0.4, 0.5) is 0 Å². The van der Waals surface area contributed by atoms with Crippen LogP contribution in [-0.2, 0) is 32.6 Å². The molecule has 12 nitrogen and oxygen atoms in total. The lowest BCUT2D eigenvalue weighted by atomic mass is 9.95. The summed E-state index contributed by atoms with van der Waals surface area (Å²) in [6.45, 7) is 0.400. The molecule has 3 rings (SSSR count). The van der Waals surface area contributed by atoms with E-state index in [1.165, 1.54) is 26.4 Å². The molecule has 0 aliphatic carbocycles. The summed E-state index contributed by atoms with van der Waals surface area (Å²) in [6.07, 6.45) is 0.508. The van der Waals surface area contributed by atoms with E-state index in [1.807, 2.05) is 0 Å². The van der Waals surface area contributed by atoms with E-state index in [4.69, 9.17) is 30.5 Å². The molecule has 5 N–H and O–H groups in total. The van der Waals surface area contributed by atoms with E-state index in [2.05, 4.69) is 5.16 Å². The van der Waals surface area contributed by atoms with Crippen molar-refractivity contribution >= 4 is 22.0 Å². The van der Waals surface area contributed by atoms with E-state index in [0.717, 1.165) is 9.87 Å². The highest BCUT2D eigenvalue weighted by atomic mass is 32.2. The van der Waals surface area contributed by atoms with E-state index >= 15 is 0 Å². The quantitative estimate of drug-likeness (QED) is 0.171. The van der Waals surface area contributed by atoms with Gasteiger partial charge in [0.15, 0.2) is 0 Å². The predicted molar refractivity (Wildman–Crippen MR) is 126 cm³/mol. The minimum atomic E-state index is -4.26. The van der Waals surface area contributed by atoms with Gasteiger partial charge in [-0.15, -0.1) is 0 Å². The number of carbonyl (C=O) groups is 1. The zero-order valence-corrected chi connectivity index (χ0v) is 20.2. The molecule has 0 spiro atoms. The highest BCUT2D eigenvalue weighted by Gasteiger charge is 2.41. The third-order valence-electron chi connectivity index (χ3n) is 5.33. The maximum Gasteiger partial charge on any atom is 0.322 e. The summed E-state index contributed by atoms with van der Waals surface area (Å²) in [6, 6.07) is 8.20. The molecule has 35 heavy (non-hydrogen) atoms. The molecule has 2 aromatic rings. The lowest BCUT2D eigenvalue weighted by Gasteiger charge is -2.34. The van der Waals surface area contributed by atoms with Crippen LogP contribution >= 0.6 is 0 Å². The predicted octanol–water partition coefficient (Wildman–Crippen LogP) is 0.878. The second kappa shape index (κ2) is 11.1. The first-order valence-corrected chi connectivity index (χ1v) is 12.0. The zero-order valence-electron chi connectivity index (χ0n) is 19.3. The third kappa shape index (κ3) is 6.05. The number of oxime groups is 1. The van der Waals surface area contributed by atoms with E-state index in [-0.39, 0.29) is 36.2 Å². The van der Waals surface area contributed by atoms with Crippen LogP contribution in [0, 0.1) is 0 Å². The Hall–Kier alpha value is -3.71. The van der Waals surface area contributed by atoms with Crippen LogP contribution < -0.4 is 25.7 Å². The van der Waals surface area contributed by atoms with E-state index in [1.54, 1.807) is 24.3 Å². The van der Waals surface area contributed by atoms with Crippen molar-refractivity contribution in [2.45, 2.75) is 30.3 Å². The second-order valence-corrected chi connectivity index (χ2v) is 9.47. The SMILES string of the molecule is COc1ccc(OC)c(S(=O)(=O)N2Cc3cc(OCCCON=C(N)N)ccc3C[C@H]2C(=O)O)c1. The lowest BCUT2D eigenvalue weighted by molar-refractivity contribution is -0.141. The number of sulfonamides is 1. The van der Waals surface area contributed by atoms with E-state index in [9.17, 15) is 18.3 Å². The molecule has 0 amide bonds. The molecule has 0 radical (unpaired) electrons. The first kappa shape index (κ1) is 25.9. The molecule has 0 saturated heterocycles. The summed E-state index contributed by atoms with van der Waals surface area (Å²) in [4.78, 5) is 16.8. The third-order valence-corrected chi connectivity index (χ3v) is 7.20. The van der Waals surface area contributed by atoms with Crippen molar-refractivity contribution in [3.8, 4) is 17.2 Å². The van der Waals surface area contributed by atoms with E-state index in [0.29, 0.717) is 30.1 Å². The van der Waals surface area contributed by atoms with Crippen LogP contribution in [0.2, 0.25) is 0 Å². The fourth-order valence-corrected chi connectivity index (χ4v) is 5.37. The van der Waals surface area contributed by atoms with Gasteiger partial charge in [0.25, 0.3) is 0 Å². The normalized spacial score (nSPS) is 15.5. The van der Waals surface area contributed by atoms with Crippen molar-refractivity contribution in [2.24, 2.45) is 16.6 Å². The molecule has 2 aromatic carbocycles. The number of fused-ring (bicyclic) bond motifs is 1. The number of benzene rings is 2. The van der Waals surface area contributed by atoms with Crippen molar-refractivity contribution in [1.29, 1.82) is 0 Å². The van der Waals surface area contributed by atoms with Gasteiger partial charge < -0.3 is 35.6 Å². The standard InChI is InChI=1S/C22H28N4O8S/c1-31-16-6-7-19(32-2)20(12-16)35(29,30)26-13-15-10-17(33-8-3-9-34-25-22(23)24)5-4-14(15)11-18(26)21(27)28/h4-7,10,12,18H,3,8-9,11,13H2,1-2H3,(H,27,28)(H4,23,24,25)/t18-/m0/s1. The summed E-state index contributed by atoms with van der Waals surface area (Å²) in [5, 5.41) is 13.2. The number of carboxylic acid groups (broad SMARTS) is 1. The molecule has 1 heterocycles. The molecule has 13 heteroatoms. The number of ether oxygens (including phenoxy) is 3. The molecule has 190 valence electrons. The van der Waals surface area contributed by atoms with Gasteiger partial charge in [-0.1, -0.05) is 6.07 Å². The molecule has 1 aliphatic heterocycles. The van der Waals surface area contributed by atoms with Gasteiger partial charge in [0.1, 0.15) is 34.8 Å². The molecule has 0 fully saturated rings. The number of rotatable bonds is 11. The van der Waals surface area contributed by atoms with Gasteiger partial charge in [0.05, 0.1) is 20.8 Å². The van der Waals surface area contributed by atoms with Crippen molar-refractivity contribution in [2.75, 3.05) is 27.4 Å². The van der Waals surface area contributed by atoms with Crippen molar-refractivity contribution in [3.05, 3.63) is 47.5 Å². The molecular weight excluding hydrogens is 480 g/mol. The van der Waals surface area contributed by atoms with Gasteiger partial charge in [0, 0.05) is 25.5 Å². The van der Waals surface area contributed by atoms with Crippen LogP contribution in [0.5, 0.6) is 17.2 Å². The van der Waals surface area contributed by atoms with E-state index < -0.39 is 22.0 Å². The zero-order chi connectivity index (χ0) is 25.6. The van der Waals surface area contributed by atoms with Crippen molar-refractivity contribution in [1.82, 2.24) is 4.31 Å². The molecule has 0 saturated carbocycles. The largest absolute Gasteiger partial charge is 0.497 e. The average molecular weight is 509 g/mol. The summed E-state index contributed by atoms with van der Waals surface area (Å²) in [5.41, 5.74) is 11.7. The number of carboxylic acids is 1. The highest BCUT2D eigenvalue weighted by molar-refractivity contribution is 7.89. The van der Waals surface area contributed by atoms with Crippen LogP contribution in [0.25, 0.3) is 0 Å². The lowest BCUT2D eigenvalue weighted by Crippen LogP contribution is -2.48. The van der Waals surface area contributed by atoms with Crippen LogP contribution in [0.3, 0.4) is 0 Å². The second-order valence-electron chi connectivity index (χ2n) is 7.61. The number of methoxy groups -OCH3 is 2. The smallest absolute Gasteiger partial charge is 0.322 e. The first-order chi connectivity index (χ1) is 16.7. The number of nitrogens with two attached hydrogens (primary N) is 2. The maximum absolute atomic E-state index is 13.6. The monoisotopic (exact) mass is 508 g/mol. The van der Waals surface area contributed by atoms with Gasteiger partial charge in [-0.25, -0.2) is 8.42 Å². The fourth-order valence-electron chi connectivity index (χ4n) is 3.64. The van der Waals surface area contributed by atoms with Gasteiger partial charge in [-0.05, 0) is 40.5 Å². The summed E-state index contributed by atoms with van der Waals surface area (Å²) in [5.74, 6) is -0.530. The summed E-state index contributed by atoms with van der Waals surface area (Å²) >= 11 is 0. The highest BCUT2D eigenvalue weighted by Crippen LogP contribution is 2.36. The Kier molecular flexibility index (Phi) is 8.25. The molecule has 0 aromatic heterocycles. The van der Waals surface area contributed by atoms with Gasteiger partial charge in [-0.2, -0.15) is 4.31 Å². The Morgan fingerprint density at radius 3 is 2.49 bits per heavy atom. The summed E-state index contributed by atoms with van der Waals surface area (Å²) in [7, 11) is -1.52. The van der Waals surface area contributed by atoms with Crippen molar-refractivity contribution in [3.63, 3.8) is 0 Å². The van der Waals surface area contributed by atoms with Crippen LogP contribution in [0.15, 0.2) is 46.4 Å². The number of aliphatic carboxylic acids is 1. The Balaban J connectivity index is 1.85. The number of hydrogen-bond donors (Lipinski definition) is 3. The average Bonchev–Trinajstić information content (AvgIpc) is 2.84. The molecule has 0 unspecified atom stereocenters. The van der Waals surface area contributed by atoms with Gasteiger partial charge >= 0.3 is 5.97 Å². The molecular formula is C22H28N4O8S. The Morgan fingerprint density at radius 2 is 1.83 bits per heavy atom. The first-order valence-electron chi connectivity index (χ1n) is 10.6. The number of hydrogen-bond acceptors (Lipinski definition) is 8. The summed E-state index contributed by atoms with van der Waals surface area (Å²) < 4.78 is 44.3. The molecule has 1 aliphatic rings. The minimum absolute atomic E-state index is 0.00279. The molecule has 1 atom stereocenters. The van der Waals surface area contributed by atoms with Crippen LogP contribution in [-0.4, -0.2) is 63.2 Å². The minimum Gasteiger partial charge on any atom is -0.497 e. The van der Waals surface area contributed by atoms with Gasteiger partial charge in [0.2, 0.25) is 16.0 Å². The van der Waals surface area contributed by atoms with Gasteiger partial charge in [-0.3, -0.25) is 4.79 Å². The number of guanidine groups is 1. The molecule has 0 bridgehead atoms. The number of nitrogens with zero attached hydrogens (tertiary/aromatic N) is 2. The Labute approximate surface area is 203 Å². The van der Waals surface area contributed by atoms with Crippen LogP contribution in [0.1, 0.15) is 17.5 Å². The maximum atomic E-state index is 13.6. The topological polar surface area (TPSA) is 176 Å². The fraction of sp³-hybridized carbons (Fsp3) is 0.364. The van der Waals surface area contributed by atoms with Crippen molar-refractivity contribution < 1.29 is 37.4 Å².